The van der Waals surface area contributed by atoms with Crippen molar-refractivity contribution in [1.82, 2.24) is 5.43 Å². The molecule has 1 saturated carbocycles. The van der Waals surface area contributed by atoms with E-state index in [0.717, 1.165) is 18.6 Å². The van der Waals surface area contributed by atoms with Gasteiger partial charge in [0, 0.05) is 11.1 Å². The molecule has 0 atom stereocenters. The number of hydrogen-bond donors (Lipinski definition) is 2. The van der Waals surface area contributed by atoms with Gasteiger partial charge < -0.3 is 5.73 Å². The molecule has 80 valence electrons. The third kappa shape index (κ3) is 2.72. The maximum absolute atomic E-state index is 10.5. The zero-order chi connectivity index (χ0) is 10.6. The van der Waals surface area contributed by atoms with E-state index in [1.165, 1.54) is 19.3 Å². The van der Waals surface area contributed by atoms with Crippen LogP contribution in [0.25, 0.3) is 0 Å². The van der Waals surface area contributed by atoms with E-state index in [4.69, 9.17) is 5.73 Å². The second-order valence-electron chi connectivity index (χ2n) is 4.29. The summed E-state index contributed by atoms with van der Waals surface area (Å²) in [6.45, 7) is 4.16. The van der Waals surface area contributed by atoms with Gasteiger partial charge in [0.2, 0.25) is 0 Å². The van der Waals surface area contributed by atoms with Crippen molar-refractivity contribution < 1.29 is 4.79 Å². The van der Waals surface area contributed by atoms with Crippen molar-refractivity contribution >= 4 is 11.7 Å². The predicted molar refractivity (Wildman–Crippen MR) is 57.0 cm³/mol. The largest absolute Gasteiger partial charge is 0.350 e. The Morgan fingerprint density at radius 1 is 1.36 bits per heavy atom. The fourth-order valence-electron chi connectivity index (χ4n) is 1.97. The summed E-state index contributed by atoms with van der Waals surface area (Å²) in [5, 5.41) is 4.01. The van der Waals surface area contributed by atoms with Crippen molar-refractivity contribution in [3.8, 4) is 0 Å². The average molecular weight is 197 g/mol. The third-order valence-corrected chi connectivity index (χ3v) is 3.16. The SMILES string of the molecule is C/C(=N/NC(N)=O)C1(C)CCCCC1. The van der Waals surface area contributed by atoms with Crippen LogP contribution in [0.3, 0.4) is 0 Å². The molecular weight excluding hydrogens is 178 g/mol. The number of carbonyl (C=O) groups excluding carboxylic acids is 1. The highest BCUT2D eigenvalue weighted by molar-refractivity contribution is 5.88. The Hall–Kier alpha value is -1.06. The standard InChI is InChI=1S/C10H19N3O/c1-8(12-13-9(11)14)10(2)6-4-3-5-7-10/h3-7H2,1-2H3,(H3,11,13,14)/b12-8-. The lowest BCUT2D eigenvalue weighted by molar-refractivity contribution is 0.249. The highest BCUT2D eigenvalue weighted by atomic mass is 16.2. The van der Waals surface area contributed by atoms with Gasteiger partial charge in [0.05, 0.1) is 0 Å². The molecule has 0 aliphatic heterocycles. The van der Waals surface area contributed by atoms with Crippen molar-refractivity contribution in [2.45, 2.75) is 46.0 Å². The summed E-state index contributed by atoms with van der Waals surface area (Å²) in [4.78, 5) is 10.5. The van der Waals surface area contributed by atoms with Gasteiger partial charge in [-0.15, -0.1) is 0 Å². The van der Waals surface area contributed by atoms with Crippen LogP contribution < -0.4 is 11.2 Å². The van der Waals surface area contributed by atoms with Gasteiger partial charge in [-0.1, -0.05) is 26.2 Å². The molecule has 2 amide bonds. The van der Waals surface area contributed by atoms with Crippen LogP contribution in [0.15, 0.2) is 5.10 Å². The molecule has 0 spiro atoms. The molecule has 1 aliphatic carbocycles. The number of nitrogens with one attached hydrogen (secondary N) is 1. The second-order valence-corrected chi connectivity index (χ2v) is 4.29. The van der Waals surface area contributed by atoms with Crippen LogP contribution >= 0.6 is 0 Å². The van der Waals surface area contributed by atoms with Crippen molar-refractivity contribution in [2.75, 3.05) is 0 Å². The first-order chi connectivity index (χ1) is 6.54. The minimum absolute atomic E-state index is 0.153. The van der Waals surface area contributed by atoms with E-state index in [1.807, 2.05) is 6.92 Å². The molecule has 0 aromatic carbocycles. The summed E-state index contributed by atoms with van der Waals surface area (Å²) in [6, 6.07) is -0.594. The first kappa shape index (κ1) is 11.0. The monoisotopic (exact) mass is 197 g/mol. The van der Waals surface area contributed by atoms with Crippen molar-refractivity contribution in [3.63, 3.8) is 0 Å². The van der Waals surface area contributed by atoms with Crippen LogP contribution in [0.5, 0.6) is 0 Å². The first-order valence-electron chi connectivity index (χ1n) is 5.15. The van der Waals surface area contributed by atoms with Gasteiger partial charge in [-0.25, -0.2) is 10.2 Å². The molecule has 1 aliphatic rings. The molecule has 4 heteroatoms. The van der Waals surface area contributed by atoms with Gasteiger partial charge in [-0.05, 0) is 19.8 Å². The fraction of sp³-hybridized carbons (Fsp3) is 0.800. The van der Waals surface area contributed by atoms with Crippen LogP contribution in [0.2, 0.25) is 0 Å². The smallest absolute Gasteiger partial charge is 0.332 e. The molecule has 0 aromatic rings. The summed E-state index contributed by atoms with van der Waals surface area (Å²) >= 11 is 0. The normalized spacial score (nSPS) is 21.7. The Balaban J connectivity index is 2.60. The van der Waals surface area contributed by atoms with Gasteiger partial charge in [0.15, 0.2) is 0 Å². The summed E-state index contributed by atoms with van der Waals surface area (Å²) in [6.07, 6.45) is 6.12. The highest BCUT2D eigenvalue weighted by Gasteiger charge is 2.29. The first-order valence-corrected chi connectivity index (χ1v) is 5.15. The molecule has 1 rings (SSSR count). The molecule has 4 nitrogen and oxygen atoms in total. The number of urea groups is 1. The number of nitrogens with two attached hydrogens (primary N) is 1. The third-order valence-electron chi connectivity index (χ3n) is 3.16. The quantitative estimate of drug-likeness (QED) is 0.516. The maximum atomic E-state index is 10.5. The molecule has 0 heterocycles. The number of nitrogens with zero attached hydrogens (tertiary/aromatic N) is 1. The minimum Gasteiger partial charge on any atom is -0.350 e. The average Bonchev–Trinajstić information content (AvgIpc) is 2.15. The van der Waals surface area contributed by atoms with Crippen LogP contribution in [0.4, 0.5) is 4.79 Å². The van der Waals surface area contributed by atoms with Crippen LogP contribution in [-0.2, 0) is 0 Å². The molecule has 0 radical (unpaired) electrons. The van der Waals surface area contributed by atoms with Crippen LogP contribution in [0.1, 0.15) is 46.0 Å². The lowest BCUT2D eigenvalue weighted by Crippen LogP contribution is -2.32. The number of rotatable bonds is 2. The van der Waals surface area contributed by atoms with E-state index in [2.05, 4.69) is 17.5 Å². The number of amides is 2. The lowest BCUT2D eigenvalue weighted by atomic mass is 9.73. The van der Waals surface area contributed by atoms with Crippen LogP contribution in [-0.4, -0.2) is 11.7 Å². The fourth-order valence-corrected chi connectivity index (χ4v) is 1.97. The Labute approximate surface area is 84.9 Å². The topological polar surface area (TPSA) is 67.5 Å². The van der Waals surface area contributed by atoms with Gasteiger partial charge in [-0.2, -0.15) is 5.10 Å². The molecule has 0 unspecified atom stereocenters. The number of carbonyl (C=O) groups is 1. The highest BCUT2D eigenvalue weighted by Crippen LogP contribution is 2.36. The molecule has 1 fully saturated rings. The number of hydrazone groups is 1. The van der Waals surface area contributed by atoms with E-state index >= 15 is 0 Å². The molecule has 0 saturated heterocycles. The number of hydrogen-bond acceptors (Lipinski definition) is 2. The zero-order valence-electron chi connectivity index (χ0n) is 8.97. The molecule has 0 aromatic heterocycles. The lowest BCUT2D eigenvalue weighted by Gasteiger charge is -2.33. The van der Waals surface area contributed by atoms with E-state index < -0.39 is 6.03 Å². The Kier molecular flexibility index (Phi) is 3.49. The van der Waals surface area contributed by atoms with E-state index in [-0.39, 0.29) is 5.41 Å². The summed E-state index contributed by atoms with van der Waals surface area (Å²) in [5.41, 5.74) is 8.39. The van der Waals surface area contributed by atoms with E-state index in [9.17, 15) is 4.79 Å². The predicted octanol–water partition coefficient (Wildman–Crippen LogP) is 2.00. The van der Waals surface area contributed by atoms with E-state index in [1.54, 1.807) is 0 Å². The van der Waals surface area contributed by atoms with Crippen molar-refractivity contribution in [1.29, 1.82) is 0 Å². The van der Waals surface area contributed by atoms with Crippen molar-refractivity contribution in [3.05, 3.63) is 0 Å². The van der Waals surface area contributed by atoms with Crippen molar-refractivity contribution in [2.24, 2.45) is 16.3 Å². The summed E-state index contributed by atoms with van der Waals surface area (Å²) in [5.74, 6) is 0. The van der Waals surface area contributed by atoms with E-state index in [0.29, 0.717) is 0 Å². The Morgan fingerprint density at radius 2 is 1.93 bits per heavy atom. The molecule has 0 bridgehead atoms. The second kappa shape index (κ2) is 4.44. The molecule has 14 heavy (non-hydrogen) atoms. The van der Waals surface area contributed by atoms with Gasteiger partial charge in [0.25, 0.3) is 0 Å². The van der Waals surface area contributed by atoms with Gasteiger partial charge >= 0.3 is 6.03 Å². The molecule has 3 N–H and O–H groups in total. The Morgan fingerprint density at radius 3 is 2.43 bits per heavy atom. The maximum Gasteiger partial charge on any atom is 0.332 e. The van der Waals surface area contributed by atoms with Gasteiger partial charge in [0.1, 0.15) is 0 Å². The minimum atomic E-state index is -0.594. The Bertz CT molecular complexity index is 242. The summed E-state index contributed by atoms with van der Waals surface area (Å²) in [7, 11) is 0. The number of primary amides is 1. The molecular formula is C10H19N3O. The van der Waals surface area contributed by atoms with Crippen LogP contribution in [0, 0.1) is 5.41 Å². The van der Waals surface area contributed by atoms with Gasteiger partial charge in [-0.3, -0.25) is 0 Å². The zero-order valence-corrected chi connectivity index (χ0v) is 8.97. The summed E-state index contributed by atoms with van der Waals surface area (Å²) < 4.78 is 0.